The number of hydrogen-bond acceptors (Lipinski definition) is 4. The molecule has 1 N–H and O–H groups in total. The highest BCUT2D eigenvalue weighted by molar-refractivity contribution is 7.07. The molecule has 0 spiro atoms. The zero-order valence-electron chi connectivity index (χ0n) is 9.27. The summed E-state index contributed by atoms with van der Waals surface area (Å²) in [6, 6.07) is 0. The Morgan fingerprint density at radius 1 is 1.47 bits per heavy atom. The van der Waals surface area contributed by atoms with Crippen molar-refractivity contribution in [3.8, 4) is 0 Å². The number of nitrogens with zero attached hydrogens (tertiary/aromatic N) is 1. The maximum Gasteiger partial charge on any atom is 0.342 e. The molecule has 15 heavy (non-hydrogen) atoms. The van der Waals surface area contributed by atoms with E-state index >= 15 is 0 Å². The fourth-order valence-corrected chi connectivity index (χ4v) is 1.92. The van der Waals surface area contributed by atoms with Crippen LogP contribution in [0.4, 0.5) is 0 Å². The second kappa shape index (κ2) is 3.90. The van der Waals surface area contributed by atoms with E-state index in [0.717, 1.165) is 0 Å². The molecule has 0 aliphatic heterocycles. The van der Waals surface area contributed by atoms with Gasteiger partial charge in [0, 0.05) is 5.38 Å². The van der Waals surface area contributed by atoms with Crippen LogP contribution in [0.1, 0.15) is 33.4 Å². The SMILES string of the molecule is CC(C)(C)OC(C)(C(=O)O)c1cscn1. The highest BCUT2D eigenvalue weighted by Gasteiger charge is 2.41. The molecule has 1 heterocycles. The monoisotopic (exact) mass is 229 g/mol. The van der Waals surface area contributed by atoms with Crippen molar-refractivity contribution < 1.29 is 14.6 Å². The summed E-state index contributed by atoms with van der Waals surface area (Å²) in [5.41, 5.74) is 0.132. The Morgan fingerprint density at radius 3 is 2.40 bits per heavy atom. The highest BCUT2D eigenvalue weighted by atomic mass is 32.1. The molecule has 1 aromatic heterocycles. The molecular weight excluding hydrogens is 214 g/mol. The first-order valence-corrected chi connectivity index (χ1v) is 5.52. The van der Waals surface area contributed by atoms with Gasteiger partial charge in [0.2, 0.25) is 5.60 Å². The van der Waals surface area contributed by atoms with Crippen LogP contribution in [0.5, 0.6) is 0 Å². The minimum Gasteiger partial charge on any atom is -0.479 e. The predicted molar refractivity (Wildman–Crippen MR) is 57.9 cm³/mol. The molecule has 1 rings (SSSR count). The van der Waals surface area contributed by atoms with Gasteiger partial charge in [-0.15, -0.1) is 11.3 Å². The number of aliphatic carboxylic acids is 1. The minimum absolute atomic E-state index is 0.440. The van der Waals surface area contributed by atoms with Crippen molar-refractivity contribution >= 4 is 17.3 Å². The maximum atomic E-state index is 11.2. The Hall–Kier alpha value is -0.940. The van der Waals surface area contributed by atoms with Gasteiger partial charge in [-0.3, -0.25) is 0 Å². The summed E-state index contributed by atoms with van der Waals surface area (Å²) in [6.45, 7) is 6.98. The van der Waals surface area contributed by atoms with Gasteiger partial charge in [0.25, 0.3) is 0 Å². The minimum atomic E-state index is -1.38. The number of rotatable bonds is 3. The zero-order valence-corrected chi connectivity index (χ0v) is 10.1. The van der Waals surface area contributed by atoms with E-state index in [1.807, 2.05) is 20.8 Å². The lowest BCUT2D eigenvalue weighted by molar-refractivity contribution is -0.184. The van der Waals surface area contributed by atoms with E-state index in [1.165, 1.54) is 18.3 Å². The van der Waals surface area contributed by atoms with Gasteiger partial charge in [-0.2, -0.15) is 0 Å². The number of carboxylic acids is 1. The van der Waals surface area contributed by atoms with Crippen molar-refractivity contribution in [3.05, 3.63) is 16.6 Å². The van der Waals surface area contributed by atoms with Crippen molar-refractivity contribution in [2.75, 3.05) is 0 Å². The molecule has 0 bridgehead atoms. The van der Waals surface area contributed by atoms with Crippen molar-refractivity contribution in [3.63, 3.8) is 0 Å². The average molecular weight is 229 g/mol. The summed E-state index contributed by atoms with van der Waals surface area (Å²) in [4.78, 5) is 15.2. The van der Waals surface area contributed by atoms with E-state index in [0.29, 0.717) is 5.69 Å². The smallest absolute Gasteiger partial charge is 0.342 e. The third kappa shape index (κ3) is 2.76. The molecule has 1 unspecified atom stereocenters. The lowest BCUT2D eigenvalue weighted by atomic mass is 10.0. The Balaban J connectivity index is 3.05. The van der Waals surface area contributed by atoms with Gasteiger partial charge in [-0.25, -0.2) is 9.78 Å². The molecule has 5 heteroatoms. The van der Waals surface area contributed by atoms with Crippen LogP contribution in [0.2, 0.25) is 0 Å². The van der Waals surface area contributed by atoms with Crippen LogP contribution in [0.15, 0.2) is 10.9 Å². The van der Waals surface area contributed by atoms with Crippen LogP contribution in [-0.2, 0) is 15.1 Å². The van der Waals surface area contributed by atoms with Crippen molar-refractivity contribution in [1.29, 1.82) is 0 Å². The summed E-state index contributed by atoms with van der Waals surface area (Å²) in [7, 11) is 0. The van der Waals surface area contributed by atoms with Gasteiger partial charge in [-0.05, 0) is 27.7 Å². The molecule has 4 nitrogen and oxygen atoms in total. The Labute approximate surface area is 92.9 Å². The molecule has 84 valence electrons. The van der Waals surface area contributed by atoms with Gasteiger partial charge in [0.1, 0.15) is 0 Å². The number of carboxylic acid groups (broad SMARTS) is 1. The normalized spacial score (nSPS) is 16.0. The van der Waals surface area contributed by atoms with Gasteiger partial charge in [0.05, 0.1) is 16.8 Å². The standard InChI is InChI=1S/C10H15NO3S/c1-9(2,3)14-10(4,8(12)13)7-5-15-6-11-7/h5-6H,1-4H3,(H,12,13). The molecule has 0 aliphatic rings. The van der Waals surface area contributed by atoms with Crippen molar-refractivity contribution in [1.82, 2.24) is 4.98 Å². The van der Waals surface area contributed by atoms with E-state index in [9.17, 15) is 9.90 Å². The number of ether oxygens (including phenoxy) is 1. The number of carbonyl (C=O) groups is 1. The molecule has 0 amide bonds. The van der Waals surface area contributed by atoms with Crippen LogP contribution >= 0.6 is 11.3 Å². The van der Waals surface area contributed by atoms with Gasteiger partial charge < -0.3 is 9.84 Å². The Kier molecular flexibility index (Phi) is 3.16. The van der Waals surface area contributed by atoms with Crippen LogP contribution in [0.25, 0.3) is 0 Å². The lowest BCUT2D eigenvalue weighted by Crippen LogP contribution is -2.42. The van der Waals surface area contributed by atoms with E-state index < -0.39 is 17.2 Å². The first-order chi connectivity index (χ1) is 6.76. The molecule has 0 aromatic carbocycles. The predicted octanol–water partition coefficient (Wildman–Crippen LogP) is 2.26. The molecule has 0 fully saturated rings. The third-order valence-electron chi connectivity index (χ3n) is 1.84. The summed E-state index contributed by atoms with van der Waals surface area (Å²) in [5, 5.41) is 10.9. The average Bonchev–Trinajstić information content (AvgIpc) is 2.51. The fourth-order valence-electron chi connectivity index (χ4n) is 1.27. The summed E-state index contributed by atoms with van der Waals surface area (Å²) in [6.07, 6.45) is 0. The van der Waals surface area contributed by atoms with E-state index in [-0.39, 0.29) is 0 Å². The van der Waals surface area contributed by atoms with Crippen LogP contribution in [0.3, 0.4) is 0 Å². The second-order valence-corrected chi connectivity index (χ2v) is 5.15. The van der Waals surface area contributed by atoms with E-state index in [2.05, 4.69) is 4.98 Å². The van der Waals surface area contributed by atoms with Crippen LogP contribution < -0.4 is 0 Å². The number of hydrogen-bond donors (Lipinski definition) is 1. The largest absolute Gasteiger partial charge is 0.479 e. The van der Waals surface area contributed by atoms with E-state index in [1.54, 1.807) is 10.9 Å². The molecule has 0 radical (unpaired) electrons. The van der Waals surface area contributed by atoms with Crippen molar-refractivity contribution in [2.45, 2.75) is 38.9 Å². The summed E-state index contributed by atoms with van der Waals surface area (Å²) >= 11 is 1.36. The first-order valence-electron chi connectivity index (χ1n) is 4.58. The molecular formula is C10H15NO3S. The summed E-state index contributed by atoms with van der Waals surface area (Å²) in [5.74, 6) is -1.02. The highest BCUT2D eigenvalue weighted by Crippen LogP contribution is 2.30. The van der Waals surface area contributed by atoms with Crippen LogP contribution in [0, 0.1) is 0 Å². The van der Waals surface area contributed by atoms with Gasteiger partial charge in [0.15, 0.2) is 0 Å². The van der Waals surface area contributed by atoms with Gasteiger partial charge in [-0.1, -0.05) is 0 Å². The molecule has 0 saturated heterocycles. The van der Waals surface area contributed by atoms with E-state index in [4.69, 9.17) is 4.74 Å². The molecule has 1 aromatic rings. The Morgan fingerprint density at radius 2 is 2.07 bits per heavy atom. The lowest BCUT2D eigenvalue weighted by Gasteiger charge is -2.31. The molecule has 0 saturated carbocycles. The maximum absolute atomic E-state index is 11.2. The van der Waals surface area contributed by atoms with Gasteiger partial charge >= 0.3 is 5.97 Å². The zero-order chi connectivity index (χ0) is 11.7. The van der Waals surface area contributed by atoms with Crippen LogP contribution in [-0.4, -0.2) is 21.7 Å². The quantitative estimate of drug-likeness (QED) is 0.863. The molecule has 1 atom stereocenters. The topological polar surface area (TPSA) is 59.4 Å². The number of aromatic nitrogens is 1. The number of thiazole rings is 1. The van der Waals surface area contributed by atoms with Crippen molar-refractivity contribution in [2.24, 2.45) is 0 Å². The Bertz CT molecular complexity index is 342. The second-order valence-electron chi connectivity index (χ2n) is 4.43. The molecule has 0 aliphatic carbocycles. The summed E-state index contributed by atoms with van der Waals surface area (Å²) < 4.78 is 5.58. The first kappa shape index (κ1) is 12.1. The fraction of sp³-hybridized carbons (Fsp3) is 0.600. The third-order valence-corrected chi connectivity index (χ3v) is 2.43.